The van der Waals surface area contributed by atoms with Gasteiger partial charge in [0.2, 0.25) is 17.8 Å². The highest BCUT2D eigenvalue weighted by atomic mass is 15.4. The lowest BCUT2D eigenvalue weighted by Crippen LogP contribution is -2.25. The molecule has 1 saturated heterocycles. The number of nitrogens with zero attached hydrogens (tertiary/aromatic N) is 5. The fourth-order valence-electron chi connectivity index (χ4n) is 2.30. The maximum Gasteiger partial charge on any atom is 0.231 e. The third kappa shape index (κ3) is 3.29. The van der Waals surface area contributed by atoms with E-state index in [1.807, 2.05) is 19.0 Å². The zero-order valence-corrected chi connectivity index (χ0v) is 13.2. The molecule has 1 aromatic heterocycles. The standard InChI is InChI=1S/C14H26N6/c1-6-7-15-12-16-13(19(4)5)18-14(17-12)20-8-10(2)11(3)9-20/h10-11H,6-9H2,1-5H3,(H,15,16,17,18). The largest absolute Gasteiger partial charge is 0.354 e. The van der Waals surface area contributed by atoms with Gasteiger partial charge < -0.3 is 15.1 Å². The van der Waals surface area contributed by atoms with Gasteiger partial charge in [-0.3, -0.25) is 0 Å². The summed E-state index contributed by atoms with van der Waals surface area (Å²) in [6, 6.07) is 0. The third-order valence-corrected chi connectivity index (χ3v) is 3.82. The molecule has 0 aromatic carbocycles. The molecule has 1 aliphatic rings. The van der Waals surface area contributed by atoms with Gasteiger partial charge >= 0.3 is 0 Å². The molecule has 1 fully saturated rings. The molecule has 1 aliphatic heterocycles. The zero-order chi connectivity index (χ0) is 14.7. The minimum atomic E-state index is 0.674. The number of rotatable bonds is 5. The molecular formula is C14H26N6. The second kappa shape index (κ2) is 6.24. The first-order chi connectivity index (χ1) is 9.51. The van der Waals surface area contributed by atoms with Gasteiger partial charge in [-0.1, -0.05) is 20.8 Å². The highest BCUT2D eigenvalue weighted by molar-refractivity contribution is 5.45. The highest BCUT2D eigenvalue weighted by Gasteiger charge is 2.28. The van der Waals surface area contributed by atoms with E-state index in [1.165, 1.54) is 0 Å². The Labute approximate surface area is 121 Å². The maximum atomic E-state index is 4.58. The van der Waals surface area contributed by atoms with Gasteiger partial charge in [-0.05, 0) is 18.3 Å². The van der Waals surface area contributed by atoms with E-state index in [2.05, 4.69) is 45.9 Å². The molecule has 0 amide bonds. The molecule has 2 rings (SSSR count). The molecule has 2 heterocycles. The summed E-state index contributed by atoms with van der Waals surface area (Å²) in [6.07, 6.45) is 1.05. The van der Waals surface area contributed by atoms with E-state index in [9.17, 15) is 0 Å². The molecular weight excluding hydrogens is 252 g/mol. The summed E-state index contributed by atoms with van der Waals surface area (Å²) >= 11 is 0. The van der Waals surface area contributed by atoms with Gasteiger partial charge in [-0.25, -0.2) is 0 Å². The monoisotopic (exact) mass is 278 g/mol. The molecule has 1 aromatic rings. The quantitative estimate of drug-likeness (QED) is 0.887. The number of nitrogens with one attached hydrogen (secondary N) is 1. The molecule has 20 heavy (non-hydrogen) atoms. The predicted molar refractivity (Wildman–Crippen MR) is 83.5 cm³/mol. The number of anilines is 3. The topological polar surface area (TPSA) is 57.2 Å². The van der Waals surface area contributed by atoms with Gasteiger partial charge in [0.15, 0.2) is 0 Å². The van der Waals surface area contributed by atoms with E-state index < -0.39 is 0 Å². The summed E-state index contributed by atoms with van der Waals surface area (Å²) in [5.74, 6) is 3.54. The summed E-state index contributed by atoms with van der Waals surface area (Å²) < 4.78 is 0. The first kappa shape index (κ1) is 14.8. The van der Waals surface area contributed by atoms with Crippen molar-refractivity contribution in [2.24, 2.45) is 11.8 Å². The lowest BCUT2D eigenvalue weighted by molar-refractivity contribution is 0.494. The first-order valence-corrected chi connectivity index (χ1v) is 7.43. The van der Waals surface area contributed by atoms with Gasteiger partial charge in [0.25, 0.3) is 0 Å². The second-order valence-electron chi connectivity index (χ2n) is 5.94. The minimum Gasteiger partial charge on any atom is -0.354 e. The molecule has 112 valence electrons. The molecule has 2 unspecified atom stereocenters. The van der Waals surface area contributed by atoms with Crippen molar-refractivity contribution in [1.82, 2.24) is 15.0 Å². The molecule has 0 saturated carbocycles. The van der Waals surface area contributed by atoms with Crippen LogP contribution in [0.2, 0.25) is 0 Å². The summed E-state index contributed by atoms with van der Waals surface area (Å²) in [5, 5.41) is 3.26. The first-order valence-electron chi connectivity index (χ1n) is 7.43. The third-order valence-electron chi connectivity index (χ3n) is 3.82. The van der Waals surface area contributed by atoms with E-state index in [0.717, 1.165) is 32.0 Å². The Morgan fingerprint density at radius 3 is 2.35 bits per heavy atom. The van der Waals surface area contributed by atoms with Crippen LogP contribution in [0.25, 0.3) is 0 Å². The van der Waals surface area contributed by atoms with Crippen molar-refractivity contribution < 1.29 is 0 Å². The van der Waals surface area contributed by atoms with Crippen LogP contribution in [0.1, 0.15) is 27.2 Å². The molecule has 0 aliphatic carbocycles. The van der Waals surface area contributed by atoms with Crippen molar-refractivity contribution in [2.45, 2.75) is 27.2 Å². The fourth-order valence-corrected chi connectivity index (χ4v) is 2.30. The van der Waals surface area contributed by atoms with Crippen LogP contribution in [0.3, 0.4) is 0 Å². The Morgan fingerprint density at radius 1 is 1.15 bits per heavy atom. The summed E-state index contributed by atoms with van der Waals surface area (Å²) in [6.45, 7) is 9.62. The van der Waals surface area contributed by atoms with Crippen LogP contribution in [0.4, 0.5) is 17.8 Å². The van der Waals surface area contributed by atoms with Crippen LogP contribution < -0.4 is 15.1 Å². The Hall–Kier alpha value is -1.59. The molecule has 6 nitrogen and oxygen atoms in total. The van der Waals surface area contributed by atoms with Gasteiger partial charge in [0.05, 0.1) is 0 Å². The van der Waals surface area contributed by atoms with Crippen molar-refractivity contribution in [1.29, 1.82) is 0 Å². The Morgan fingerprint density at radius 2 is 1.80 bits per heavy atom. The van der Waals surface area contributed by atoms with Crippen molar-refractivity contribution in [2.75, 3.05) is 48.8 Å². The average molecular weight is 278 g/mol. The lowest BCUT2D eigenvalue weighted by Gasteiger charge is -2.19. The zero-order valence-electron chi connectivity index (χ0n) is 13.2. The SMILES string of the molecule is CCCNc1nc(N(C)C)nc(N2CC(C)C(C)C2)n1. The van der Waals surface area contributed by atoms with Gasteiger partial charge in [-0.2, -0.15) is 15.0 Å². The molecule has 0 radical (unpaired) electrons. The van der Waals surface area contributed by atoms with E-state index >= 15 is 0 Å². The maximum absolute atomic E-state index is 4.58. The molecule has 6 heteroatoms. The predicted octanol–water partition coefficient (Wildman–Crippen LogP) is 1.85. The Balaban J connectivity index is 2.25. The minimum absolute atomic E-state index is 0.674. The van der Waals surface area contributed by atoms with Crippen LogP contribution in [-0.2, 0) is 0 Å². The van der Waals surface area contributed by atoms with Gasteiger partial charge in [-0.15, -0.1) is 0 Å². The van der Waals surface area contributed by atoms with Crippen molar-refractivity contribution >= 4 is 17.8 Å². The fraction of sp³-hybridized carbons (Fsp3) is 0.786. The summed E-state index contributed by atoms with van der Waals surface area (Å²) in [5.41, 5.74) is 0. The van der Waals surface area contributed by atoms with Gasteiger partial charge in [0.1, 0.15) is 0 Å². The summed E-state index contributed by atoms with van der Waals surface area (Å²) in [4.78, 5) is 17.8. The van der Waals surface area contributed by atoms with Crippen molar-refractivity contribution in [3.63, 3.8) is 0 Å². The molecule has 2 atom stereocenters. The van der Waals surface area contributed by atoms with E-state index in [4.69, 9.17) is 0 Å². The Bertz CT molecular complexity index is 437. The number of hydrogen-bond donors (Lipinski definition) is 1. The van der Waals surface area contributed by atoms with Crippen molar-refractivity contribution in [3.8, 4) is 0 Å². The average Bonchev–Trinajstić information content (AvgIpc) is 2.76. The van der Waals surface area contributed by atoms with Crippen LogP contribution in [0.15, 0.2) is 0 Å². The van der Waals surface area contributed by atoms with E-state index in [-0.39, 0.29) is 0 Å². The second-order valence-corrected chi connectivity index (χ2v) is 5.94. The molecule has 0 spiro atoms. The highest BCUT2D eigenvalue weighted by Crippen LogP contribution is 2.26. The molecule has 0 bridgehead atoms. The van der Waals surface area contributed by atoms with Crippen LogP contribution in [0.5, 0.6) is 0 Å². The van der Waals surface area contributed by atoms with Crippen LogP contribution >= 0.6 is 0 Å². The van der Waals surface area contributed by atoms with Crippen LogP contribution in [-0.4, -0.2) is 48.7 Å². The lowest BCUT2D eigenvalue weighted by atomic mass is 10.0. The number of hydrogen-bond acceptors (Lipinski definition) is 6. The smallest absolute Gasteiger partial charge is 0.231 e. The van der Waals surface area contributed by atoms with Crippen LogP contribution in [0, 0.1) is 11.8 Å². The molecule has 1 N–H and O–H groups in total. The number of aromatic nitrogens is 3. The summed E-state index contributed by atoms with van der Waals surface area (Å²) in [7, 11) is 3.91. The Kier molecular flexibility index (Phi) is 4.62. The normalized spacial score (nSPS) is 22.1. The van der Waals surface area contributed by atoms with E-state index in [0.29, 0.717) is 23.7 Å². The van der Waals surface area contributed by atoms with E-state index in [1.54, 1.807) is 0 Å². The van der Waals surface area contributed by atoms with Gasteiger partial charge in [0, 0.05) is 33.7 Å². The van der Waals surface area contributed by atoms with Crippen molar-refractivity contribution in [3.05, 3.63) is 0 Å².